The lowest BCUT2D eigenvalue weighted by Crippen LogP contribution is -1.73. The highest BCUT2D eigenvalue weighted by atomic mass is 127. The van der Waals surface area contributed by atoms with Gasteiger partial charge in [-0.1, -0.05) is 32.9 Å². The van der Waals surface area contributed by atoms with E-state index in [1.165, 1.54) is 6.08 Å². The Kier molecular flexibility index (Phi) is 1.73. The minimum Gasteiger partial charge on any atom is -0.200 e. The summed E-state index contributed by atoms with van der Waals surface area (Å²) in [6, 6.07) is 0. The van der Waals surface area contributed by atoms with Gasteiger partial charge >= 0.3 is 0 Å². The predicted octanol–water partition coefficient (Wildman–Crippen LogP) is 2.14. The Labute approximate surface area is 51.5 Å². The number of rotatable bonds is 0. The third-order valence-corrected chi connectivity index (χ3v) is 2.30. The lowest BCUT2D eigenvalue weighted by Gasteiger charge is -1.84. The van der Waals surface area contributed by atoms with Crippen molar-refractivity contribution in [3.8, 4) is 0 Å². The molecule has 0 fully saturated rings. The Hall–Kier alpha value is 0.0100. The van der Waals surface area contributed by atoms with Crippen LogP contribution in [-0.2, 0) is 0 Å². The zero-order chi connectivity index (χ0) is 5.11. The Morgan fingerprint density at radius 3 is 2.57 bits per heavy atom. The van der Waals surface area contributed by atoms with E-state index in [1.54, 1.807) is 6.08 Å². The SMILES string of the molecule is FC1=IC=CC=C1. The van der Waals surface area contributed by atoms with Crippen molar-refractivity contribution in [1.82, 2.24) is 0 Å². The molecule has 0 aromatic rings. The molecule has 1 aliphatic rings. The van der Waals surface area contributed by atoms with Crippen molar-refractivity contribution in [3.05, 3.63) is 22.3 Å². The summed E-state index contributed by atoms with van der Waals surface area (Å²) in [5, 5.41) is 0. The van der Waals surface area contributed by atoms with Crippen molar-refractivity contribution >= 4 is 24.5 Å². The first-order chi connectivity index (χ1) is 3.39. The maximum atomic E-state index is 12.0. The molecule has 0 atom stereocenters. The van der Waals surface area contributed by atoms with E-state index in [4.69, 9.17) is 0 Å². The van der Waals surface area contributed by atoms with Crippen molar-refractivity contribution in [1.29, 1.82) is 0 Å². The van der Waals surface area contributed by atoms with Crippen LogP contribution in [-0.4, -0.2) is 3.76 Å². The molecule has 0 unspecified atom stereocenters. The summed E-state index contributed by atoms with van der Waals surface area (Å²) < 4.78 is 14.0. The summed E-state index contributed by atoms with van der Waals surface area (Å²) in [5.41, 5.74) is 0. The van der Waals surface area contributed by atoms with E-state index >= 15 is 0 Å². The van der Waals surface area contributed by atoms with Gasteiger partial charge in [0.1, 0.15) is 0 Å². The molecule has 0 spiro atoms. The van der Waals surface area contributed by atoms with Crippen molar-refractivity contribution < 1.29 is 4.39 Å². The summed E-state index contributed by atoms with van der Waals surface area (Å²) in [7, 11) is 0. The Bertz CT molecular complexity index is 144. The van der Waals surface area contributed by atoms with Crippen molar-refractivity contribution in [2.45, 2.75) is 0 Å². The fraction of sp³-hybridized carbons (Fsp3) is 0. The van der Waals surface area contributed by atoms with Gasteiger partial charge < -0.3 is 0 Å². The zero-order valence-electron chi connectivity index (χ0n) is 3.57. The van der Waals surface area contributed by atoms with Crippen LogP contribution in [0.4, 0.5) is 4.39 Å². The van der Waals surface area contributed by atoms with Crippen molar-refractivity contribution in [2.75, 3.05) is 0 Å². The molecule has 0 N–H and O–H groups in total. The van der Waals surface area contributed by atoms with Crippen molar-refractivity contribution in [2.24, 2.45) is 0 Å². The van der Waals surface area contributed by atoms with Gasteiger partial charge in [-0.05, 0) is 10.2 Å². The minimum absolute atomic E-state index is 0.0568. The van der Waals surface area contributed by atoms with E-state index < -0.39 is 0 Å². The third-order valence-electron chi connectivity index (χ3n) is 0.573. The van der Waals surface area contributed by atoms with Crippen molar-refractivity contribution in [3.63, 3.8) is 0 Å². The van der Waals surface area contributed by atoms with Crippen LogP contribution in [0.1, 0.15) is 0 Å². The summed E-state index contributed by atoms with van der Waals surface area (Å²) in [5.74, 6) is 0. The lowest BCUT2D eigenvalue weighted by atomic mass is 10.5. The second kappa shape index (κ2) is 2.35. The van der Waals surface area contributed by atoms with Gasteiger partial charge in [-0.15, -0.1) is 0 Å². The monoisotopic (exact) mass is 210 g/mol. The third kappa shape index (κ3) is 1.51. The van der Waals surface area contributed by atoms with Gasteiger partial charge in [-0.3, -0.25) is 0 Å². The molecular weight excluding hydrogens is 206 g/mol. The van der Waals surface area contributed by atoms with Crippen LogP contribution in [0.15, 0.2) is 22.3 Å². The molecule has 0 radical (unpaired) electrons. The first-order valence-corrected chi connectivity index (χ1v) is 4.21. The second-order valence-electron chi connectivity index (χ2n) is 1.08. The van der Waals surface area contributed by atoms with E-state index in [-0.39, 0.29) is 24.5 Å². The Morgan fingerprint density at radius 1 is 1.43 bits per heavy atom. The molecule has 0 aliphatic carbocycles. The summed E-state index contributed by atoms with van der Waals surface area (Å²) in [6.07, 6.45) is 5.13. The van der Waals surface area contributed by atoms with Crippen LogP contribution in [0.3, 0.4) is 0 Å². The normalized spacial score (nSPS) is 18.1. The van der Waals surface area contributed by atoms with Gasteiger partial charge in [0, 0.05) is 0 Å². The first-order valence-electron chi connectivity index (χ1n) is 1.88. The second-order valence-corrected chi connectivity index (χ2v) is 3.45. The molecule has 0 bridgehead atoms. The Morgan fingerprint density at radius 2 is 2.29 bits per heavy atom. The minimum atomic E-state index is -0.365. The Balaban J connectivity index is 2.82. The van der Waals surface area contributed by atoms with E-state index in [1.807, 2.05) is 10.2 Å². The zero-order valence-corrected chi connectivity index (χ0v) is 5.72. The summed E-state index contributed by atoms with van der Waals surface area (Å²) in [4.78, 5) is 0. The maximum absolute atomic E-state index is 12.0. The fourth-order valence-electron chi connectivity index (χ4n) is 0.303. The highest BCUT2D eigenvalue weighted by molar-refractivity contribution is 14.2. The molecule has 0 aromatic carbocycles. The molecule has 0 nitrogen and oxygen atoms in total. The molecule has 0 saturated heterocycles. The largest absolute Gasteiger partial charge is 0.200 e. The molecule has 1 heterocycles. The van der Waals surface area contributed by atoms with Gasteiger partial charge in [0.15, 0.2) is 3.76 Å². The number of halogens is 2. The van der Waals surface area contributed by atoms with E-state index in [0.717, 1.165) is 0 Å². The smallest absolute Gasteiger partial charge is 0.155 e. The molecule has 38 valence electrons. The van der Waals surface area contributed by atoms with E-state index in [0.29, 0.717) is 0 Å². The number of hydrogen-bond donors (Lipinski definition) is 0. The summed E-state index contributed by atoms with van der Waals surface area (Å²) in [6.45, 7) is 0. The van der Waals surface area contributed by atoms with Gasteiger partial charge in [0.25, 0.3) is 0 Å². The van der Waals surface area contributed by atoms with Crippen LogP contribution in [0, 0.1) is 0 Å². The van der Waals surface area contributed by atoms with E-state index in [2.05, 4.69) is 0 Å². The van der Waals surface area contributed by atoms with E-state index in [9.17, 15) is 4.39 Å². The van der Waals surface area contributed by atoms with Gasteiger partial charge in [-0.2, -0.15) is 0 Å². The average Bonchev–Trinajstić information content (AvgIpc) is 1.69. The predicted molar refractivity (Wildman–Crippen MR) is 38.4 cm³/mol. The topological polar surface area (TPSA) is 0 Å². The maximum Gasteiger partial charge on any atom is 0.155 e. The number of hydrogen-bond acceptors (Lipinski definition) is 0. The van der Waals surface area contributed by atoms with Crippen LogP contribution >= 0.6 is 20.7 Å². The van der Waals surface area contributed by atoms with Crippen LogP contribution < -0.4 is 0 Å². The van der Waals surface area contributed by atoms with Crippen LogP contribution in [0.2, 0.25) is 0 Å². The molecule has 2 heteroatoms. The standard InChI is InChI=1S/C5H4FI/c6-5-3-1-2-4-7-5/h1-4H. The molecule has 1 rings (SSSR count). The fourth-order valence-corrected chi connectivity index (χ4v) is 1.51. The van der Waals surface area contributed by atoms with Crippen LogP contribution in [0.5, 0.6) is 0 Å². The first kappa shape index (κ1) is 5.15. The summed E-state index contributed by atoms with van der Waals surface area (Å²) >= 11 is -0.365. The molecule has 1 aliphatic heterocycles. The van der Waals surface area contributed by atoms with Gasteiger partial charge in [0.05, 0.1) is 0 Å². The molecule has 0 amide bonds. The molecule has 7 heavy (non-hydrogen) atoms. The highest BCUT2D eigenvalue weighted by Gasteiger charge is 1.84. The quantitative estimate of drug-likeness (QED) is 0.537. The number of allylic oxidation sites excluding steroid dienone is 3. The average molecular weight is 210 g/mol. The molecule has 0 saturated carbocycles. The van der Waals surface area contributed by atoms with Crippen LogP contribution in [0.25, 0.3) is 0 Å². The lowest BCUT2D eigenvalue weighted by molar-refractivity contribution is 0.839. The molecule has 0 aromatic heterocycles. The van der Waals surface area contributed by atoms with Gasteiger partial charge in [0.2, 0.25) is 0 Å². The van der Waals surface area contributed by atoms with Gasteiger partial charge in [-0.25, -0.2) is 4.39 Å². The highest BCUT2D eigenvalue weighted by Crippen LogP contribution is 2.09. The molecular formula is C5H4FI.